The van der Waals surface area contributed by atoms with Crippen LogP contribution < -0.4 is 5.32 Å². The number of aliphatic carboxylic acids is 1. The first-order chi connectivity index (χ1) is 8.58. The van der Waals surface area contributed by atoms with Gasteiger partial charge in [-0.2, -0.15) is 0 Å². The van der Waals surface area contributed by atoms with Gasteiger partial charge in [-0.3, -0.25) is 4.79 Å². The van der Waals surface area contributed by atoms with Gasteiger partial charge >= 0.3 is 12.0 Å². The number of nitrogens with one attached hydrogen (secondary N) is 1. The summed E-state index contributed by atoms with van der Waals surface area (Å²) in [7, 11) is -0.570. The highest BCUT2D eigenvalue weighted by molar-refractivity contribution is 7.89. The van der Waals surface area contributed by atoms with Crippen LogP contribution >= 0.6 is 0 Å². The molecule has 0 radical (unpaired) electrons. The van der Waals surface area contributed by atoms with E-state index in [0.29, 0.717) is 0 Å². The lowest BCUT2D eigenvalue weighted by molar-refractivity contribution is -0.138. The summed E-state index contributed by atoms with van der Waals surface area (Å²) >= 11 is 0. The molecule has 0 fully saturated rings. The van der Waals surface area contributed by atoms with Crippen LogP contribution in [0.25, 0.3) is 0 Å². The molecule has 0 aliphatic carbocycles. The number of carboxylic acid groups (broad SMARTS) is 1. The second-order valence-electron chi connectivity index (χ2n) is 4.45. The van der Waals surface area contributed by atoms with E-state index in [-0.39, 0.29) is 18.3 Å². The molecule has 0 aliphatic heterocycles. The van der Waals surface area contributed by atoms with Gasteiger partial charge < -0.3 is 15.3 Å². The lowest BCUT2D eigenvalue weighted by atomic mass is 10.3. The summed E-state index contributed by atoms with van der Waals surface area (Å²) in [6.45, 7) is 2.87. The number of sulfonamides is 1. The maximum Gasteiger partial charge on any atom is 0.323 e. The fourth-order valence-electron chi connectivity index (χ4n) is 1.21. The van der Waals surface area contributed by atoms with Crippen molar-refractivity contribution in [2.24, 2.45) is 0 Å². The summed E-state index contributed by atoms with van der Waals surface area (Å²) in [6, 6.07) is -0.882. The number of rotatable bonds is 7. The van der Waals surface area contributed by atoms with Crippen LogP contribution in [-0.2, 0) is 14.8 Å². The van der Waals surface area contributed by atoms with Crippen molar-refractivity contribution in [2.45, 2.75) is 19.9 Å². The molecule has 8 nitrogen and oxygen atoms in total. The molecule has 0 saturated carbocycles. The van der Waals surface area contributed by atoms with Crippen molar-refractivity contribution in [2.75, 3.05) is 32.9 Å². The minimum absolute atomic E-state index is 0.0673. The summed E-state index contributed by atoms with van der Waals surface area (Å²) in [5.74, 6) is -1.35. The number of hydrogen-bond donors (Lipinski definition) is 2. The Morgan fingerprint density at radius 3 is 2.16 bits per heavy atom. The molecule has 0 unspecified atom stereocenters. The molecule has 0 spiro atoms. The predicted molar refractivity (Wildman–Crippen MR) is 70.4 cm³/mol. The number of urea groups is 1. The zero-order valence-electron chi connectivity index (χ0n) is 11.6. The van der Waals surface area contributed by atoms with E-state index >= 15 is 0 Å². The number of carbonyl (C=O) groups is 2. The Morgan fingerprint density at radius 2 is 1.79 bits per heavy atom. The van der Waals surface area contributed by atoms with E-state index in [2.05, 4.69) is 5.32 Å². The first-order valence-electron chi connectivity index (χ1n) is 5.74. The van der Waals surface area contributed by atoms with E-state index in [9.17, 15) is 18.0 Å². The molecule has 0 saturated heterocycles. The number of amides is 2. The Balaban J connectivity index is 4.40. The van der Waals surface area contributed by atoms with Crippen molar-refractivity contribution in [3.63, 3.8) is 0 Å². The van der Waals surface area contributed by atoms with Crippen LogP contribution in [0, 0.1) is 0 Å². The van der Waals surface area contributed by atoms with Gasteiger partial charge in [0.25, 0.3) is 0 Å². The molecular formula is C10H21N3O5S. The van der Waals surface area contributed by atoms with Crippen molar-refractivity contribution in [1.29, 1.82) is 0 Å². The standard InChI is InChI=1S/C10H21N3O5S/c1-8(2)13(7-9(14)15)10(16)11-5-6-19(17,18)12(3)4/h8H,5-7H2,1-4H3,(H,11,16)(H,14,15). The minimum atomic E-state index is -3.38. The first-order valence-corrected chi connectivity index (χ1v) is 7.35. The summed E-state index contributed by atoms with van der Waals surface area (Å²) < 4.78 is 24.0. The van der Waals surface area contributed by atoms with Crippen LogP contribution in [0.15, 0.2) is 0 Å². The van der Waals surface area contributed by atoms with Crippen LogP contribution in [-0.4, -0.2) is 73.7 Å². The molecule has 19 heavy (non-hydrogen) atoms. The summed E-state index contributed by atoms with van der Waals surface area (Å²) in [6.07, 6.45) is 0. The topological polar surface area (TPSA) is 107 Å². The van der Waals surface area contributed by atoms with Gasteiger partial charge in [0.05, 0.1) is 5.75 Å². The van der Waals surface area contributed by atoms with E-state index in [0.717, 1.165) is 9.21 Å². The highest BCUT2D eigenvalue weighted by Gasteiger charge is 2.20. The Labute approximate surface area is 113 Å². The van der Waals surface area contributed by atoms with Crippen molar-refractivity contribution in [3.05, 3.63) is 0 Å². The predicted octanol–water partition coefficient (Wildman–Crippen LogP) is -0.618. The Bertz CT molecular complexity index is 419. The average molecular weight is 295 g/mol. The molecule has 0 atom stereocenters. The normalized spacial score (nSPS) is 11.7. The molecule has 112 valence electrons. The number of carboxylic acids is 1. The quantitative estimate of drug-likeness (QED) is 0.651. The molecule has 0 aromatic heterocycles. The highest BCUT2D eigenvalue weighted by Crippen LogP contribution is 1.99. The first kappa shape index (κ1) is 17.6. The molecule has 0 bridgehead atoms. The van der Waals surface area contributed by atoms with Crippen molar-refractivity contribution in [1.82, 2.24) is 14.5 Å². The van der Waals surface area contributed by atoms with Crippen LogP contribution in [0.5, 0.6) is 0 Å². The van der Waals surface area contributed by atoms with Gasteiger partial charge in [0, 0.05) is 26.7 Å². The summed E-state index contributed by atoms with van der Waals surface area (Å²) in [5.41, 5.74) is 0. The fourth-order valence-corrected chi connectivity index (χ4v) is 1.93. The van der Waals surface area contributed by atoms with Gasteiger partial charge in [0.15, 0.2) is 0 Å². The number of carbonyl (C=O) groups excluding carboxylic acids is 1. The molecule has 0 heterocycles. The number of hydrogen-bond acceptors (Lipinski definition) is 4. The van der Waals surface area contributed by atoms with E-state index in [1.54, 1.807) is 13.8 Å². The highest BCUT2D eigenvalue weighted by atomic mass is 32.2. The molecule has 9 heteroatoms. The van der Waals surface area contributed by atoms with Gasteiger partial charge in [0.1, 0.15) is 6.54 Å². The van der Waals surface area contributed by atoms with E-state index in [4.69, 9.17) is 5.11 Å². The van der Waals surface area contributed by atoms with Gasteiger partial charge in [-0.05, 0) is 13.8 Å². The maximum absolute atomic E-state index is 11.7. The van der Waals surface area contributed by atoms with E-state index in [1.165, 1.54) is 14.1 Å². The van der Waals surface area contributed by atoms with Crippen molar-refractivity contribution < 1.29 is 23.1 Å². The minimum Gasteiger partial charge on any atom is -0.480 e. The largest absolute Gasteiger partial charge is 0.480 e. The molecule has 0 rings (SSSR count). The lowest BCUT2D eigenvalue weighted by Crippen LogP contribution is -2.47. The average Bonchev–Trinajstić information content (AvgIpc) is 2.24. The van der Waals surface area contributed by atoms with E-state index < -0.39 is 28.6 Å². The van der Waals surface area contributed by atoms with Crippen LogP contribution in [0.4, 0.5) is 4.79 Å². The smallest absolute Gasteiger partial charge is 0.323 e. The zero-order chi connectivity index (χ0) is 15.2. The van der Waals surface area contributed by atoms with E-state index in [1.807, 2.05) is 0 Å². The van der Waals surface area contributed by atoms with Crippen LogP contribution in [0.3, 0.4) is 0 Å². The molecule has 0 aliphatic rings. The van der Waals surface area contributed by atoms with Gasteiger partial charge in [-0.15, -0.1) is 0 Å². The Morgan fingerprint density at radius 1 is 1.26 bits per heavy atom. The number of nitrogens with zero attached hydrogens (tertiary/aromatic N) is 2. The second-order valence-corrected chi connectivity index (χ2v) is 6.75. The van der Waals surface area contributed by atoms with Gasteiger partial charge in [0.2, 0.25) is 10.0 Å². The molecule has 2 N–H and O–H groups in total. The molecule has 0 aromatic carbocycles. The summed E-state index contributed by atoms with van der Waals surface area (Å²) in [5, 5.41) is 11.1. The zero-order valence-corrected chi connectivity index (χ0v) is 12.4. The molecule has 2 amide bonds. The lowest BCUT2D eigenvalue weighted by Gasteiger charge is -2.25. The third kappa shape index (κ3) is 6.39. The third-order valence-corrected chi connectivity index (χ3v) is 4.22. The fraction of sp³-hybridized carbons (Fsp3) is 0.800. The van der Waals surface area contributed by atoms with Crippen LogP contribution in [0.1, 0.15) is 13.8 Å². The summed E-state index contributed by atoms with van der Waals surface area (Å²) in [4.78, 5) is 23.5. The van der Waals surface area contributed by atoms with Gasteiger partial charge in [-0.25, -0.2) is 17.5 Å². The van der Waals surface area contributed by atoms with Crippen molar-refractivity contribution in [3.8, 4) is 0 Å². The van der Waals surface area contributed by atoms with Crippen LogP contribution in [0.2, 0.25) is 0 Å². The maximum atomic E-state index is 11.7. The Kier molecular flexibility index (Phi) is 6.77. The van der Waals surface area contributed by atoms with Crippen molar-refractivity contribution >= 4 is 22.0 Å². The monoisotopic (exact) mass is 295 g/mol. The molecular weight excluding hydrogens is 274 g/mol. The third-order valence-electron chi connectivity index (χ3n) is 2.38. The Hall–Kier alpha value is -1.35. The molecule has 0 aromatic rings. The SMILES string of the molecule is CC(C)N(CC(=O)O)C(=O)NCCS(=O)(=O)N(C)C. The van der Waals surface area contributed by atoms with Gasteiger partial charge in [-0.1, -0.05) is 0 Å². The second kappa shape index (κ2) is 7.29.